The smallest absolute Gasteiger partial charge is 0.0470 e. The molecule has 3 aliphatic rings. The molecule has 3 heteroatoms. The summed E-state index contributed by atoms with van der Waals surface area (Å²) in [5.74, 6) is 0.943. The van der Waals surface area contributed by atoms with Crippen LogP contribution in [0.15, 0.2) is 0 Å². The van der Waals surface area contributed by atoms with Crippen LogP contribution in [0.4, 0.5) is 0 Å². The number of rotatable bonds is 5. The van der Waals surface area contributed by atoms with Crippen LogP contribution in [0.5, 0.6) is 0 Å². The molecule has 1 saturated heterocycles. The van der Waals surface area contributed by atoms with Crippen molar-refractivity contribution < 1.29 is 0 Å². The second-order valence-corrected chi connectivity index (χ2v) is 6.57. The lowest BCUT2D eigenvalue weighted by Crippen LogP contribution is -2.57. The monoisotopic (exact) mass is 237 g/mol. The molecule has 98 valence electrons. The number of likely N-dealkylation sites (N-methyl/N-ethyl adjacent to an activating group) is 1. The van der Waals surface area contributed by atoms with Crippen molar-refractivity contribution in [2.75, 3.05) is 26.7 Å². The first-order chi connectivity index (χ1) is 8.16. The van der Waals surface area contributed by atoms with Crippen LogP contribution in [-0.4, -0.2) is 54.1 Å². The lowest BCUT2D eigenvalue weighted by atomic mass is 9.94. The van der Waals surface area contributed by atoms with Gasteiger partial charge in [0.05, 0.1) is 0 Å². The van der Waals surface area contributed by atoms with E-state index < -0.39 is 0 Å². The highest BCUT2D eigenvalue weighted by Crippen LogP contribution is 2.40. The standard InChI is InChI=1S/C14H27N3/c1-11(12-3-4-12)16(2)14(9-15)7-8-17(10-14)13-5-6-13/h11-13H,3-10,15H2,1-2H3. The van der Waals surface area contributed by atoms with Gasteiger partial charge in [-0.05, 0) is 52.0 Å². The van der Waals surface area contributed by atoms with Gasteiger partial charge in [-0.15, -0.1) is 0 Å². The fourth-order valence-corrected chi connectivity index (χ4v) is 3.56. The molecule has 3 nitrogen and oxygen atoms in total. The second-order valence-electron chi connectivity index (χ2n) is 6.57. The topological polar surface area (TPSA) is 32.5 Å². The van der Waals surface area contributed by atoms with Crippen LogP contribution in [0.1, 0.15) is 39.0 Å². The number of hydrogen-bond donors (Lipinski definition) is 1. The lowest BCUT2D eigenvalue weighted by molar-refractivity contribution is 0.0785. The van der Waals surface area contributed by atoms with Crippen molar-refractivity contribution in [1.82, 2.24) is 9.80 Å². The molecule has 2 unspecified atom stereocenters. The SMILES string of the molecule is CC(C1CC1)N(C)C1(CN)CCN(C2CC2)C1. The van der Waals surface area contributed by atoms with Gasteiger partial charge in [-0.1, -0.05) is 0 Å². The molecule has 2 aliphatic carbocycles. The summed E-state index contributed by atoms with van der Waals surface area (Å²) in [7, 11) is 2.31. The number of nitrogens with two attached hydrogens (primary N) is 1. The van der Waals surface area contributed by atoms with E-state index in [2.05, 4.69) is 23.8 Å². The molecule has 2 N–H and O–H groups in total. The Hall–Kier alpha value is -0.120. The van der Waals surface area contributed by atoms with E-state index in [1.807, 2.05) is 0 Å². The Morgan fingerprint density at radius 1 is 1.35 bits per heavy atom. The van der Waals surface area contributed by atoms with Gasteiger partial charge >= 0.3 is 0 Å². The summed E-state index contributed by atoms with van der Waals surface area (Å²) in [6.07, 6.45) is 6.97. The maximum Gasteiger partial charge on any atom is 0.0470 e. The van der Waals surface area contributed by atoms with Gasteiger partial charge in [-0.3, -0.25) is 9.80 Å². The highest BCUT2D eigenvalue weighted by atomic mass is 15.3. The molecule has 0 radical (unpaired) electrons. The van der Waals surface area contributed by atoms with Crippen molar-refractivity contribution >= 4 is 0 Å². The average molecular weight is 237 g/mol. The molecule has 2 atom stereocenters. The first kappa shape index (κ1) is 11.9. The molecule has 17 heavy (non-hydrogen) atoms. The third-order valence-electron chi connectivity index (χ3n) is 5.47. The molecular weight excluding hydrogens is 210 g/mol. The Morgan fingerprint density at radius 3 is 2.59 bits per heavy atom. The van der Waals surface area contributed by atoms with E-state index in [-0.39, 0.29) is 5.54 Å². The maximum absolute atomic E-state index is 6.14. The van der Waals surface area contributed by atoms with Gasteiger partial charge in [0.15, 0.2) is 0 Å². The van der Waals surface area contributed by atoms with Crippen LogP contribution in [0.25, 0.3) is 0 Å². The predicted molar refractivity (Wildman–Crippen MR) is 70.9 cm³/mol. The third-order valence-corrected chi connectivity index (χ3v) is 5.47. The van der Waals surface area contributed by atoms with Crippen molar-refractivity contribution in [3.05, 3.63) is 0 Å². The average Bonchev–Trinajstić information content (AvgIpc) is 3.24. The summed E-state index contributed by atoms with van der Waals surface area (Å²) < 4.78 is 0. The molecule has 0 bridgehead atoms. The minimum absolute atomic E-state index is 0.268. The summed E-state index contributed by atoms with van der Waals surface area (Å²) in [4.78, 5) is 5.30. The maximum atomic E-state index is 6.14. The minimum atomic E-state index is 0.268. The Morgan fingerprint density at radius 2 is 2.06 bits per heavy atom. The van der Waals surface area contributed by atoms with Gasteiger partial charge in [-0.25, -0.2) is 0 Å². The second kappa shape index (κ2) is 4.22. The minimum Gasteiger partial charge on any atom is -0.329 e. The van der Waals surface area contributed by atoms with Gasteiger partial charge in [-0.2, -0.15) is 0 Å². The zero-order valence-corrected chi connectivity index (χ0v) is 11.4. The molecule has 3 rings (SSSR count). The van der Waals surface area contributed by atoms with E-state index in [4.69, 9.17) is 5.73 Å². The molecule has 0 amide bonds. The molecule has 0 spiro atoms. The predicted octanol–water partition coefficient (Wildman–Crippen LogP) is 1.28. The van der Waals surface area contributed by atoms with Crippen molar-refractivity contribution in [3.8, 4) is 0 Å². The fourth-order valence-electron chi connectivity index (χ4n) is 3.56. The van der Waals surface area contributed by atoms with Crippen LogP contribution in [-0.2, 0) is 0 Å². The lowest BCUT2D eigenvalue weighted by Gasteiger charge is -2.42. The van der Waals surface area contributed by atoms with Crippen LogP contribution < -0.4 is 5.73 Å². The summed E-state index contributed by atoms with van der Waals surface area (Å²) in [6.45, 7) is 5.70. The van der Waals surface area contributed by atoms with Crippen LogP contribution in [0.3, 0.4) is 0 Å². The largest absolute Gasteiger partial charge is 0.329 e. The van der Waals surface area contributed by atoms with Crippen molar-refractivity contribution in [2.24, 2.45) is 11.7 Å². The number of likely N-dealkylation sites (tertiary alicyclic amines) is 1. The van der Waals surface area contributed by atoms with Gasteiger partial charge in [0, 0.05) is 37.3 Å². The Balaban J connectivity index is 1.68. The van der Waals surface area contributed by atoms with Crippen LogP contribution in [0.2, 0.25) is 0 Å². The fraction of sp³-hybridized carbons (Fsp3) is 1.00. The van der Waals surface area contributed by atoms with Crippen molar-refractivity contribution in [1.29, 1.82) is 0 Å². The van der Waals surface area contributed by atoms with Gasteiger partial charge in [0.1, 0.15) is 0 Å². The Bertz CT molecular complexity index is 285. The van der Waals surface area contributed by atoms with E-state index in [0.717, 1.165) is 24.5 Å². The zero-order valence-electron chi connectivity index (χ0n) is 11.4. The van der Waals surface area contributed by atoms with E-state index in [1.165, 1.54) is 45.2 Å². The van der Waals surface area contributed by atoms with E-state index in [1.54, 1.807) is 0 Å². The highest BCUT2D eigenvalue weighted by Gasteiger charge is 2.47. The zero-order chi connectivity index (χ0) is 12.0. The quantitative estimate of drug-likeness (QED) is 0.782. The van der Waals surface area contributed by atoms with E-state index >= 15 is 0 Å². The Labute approximate surface area is 105 Å². The molecule has 2 saturated carbocycles. The molecule has 1 aliphatic heterocycles. The van der Waals surface area contributed by atoms with E-state index in [9.17, 15) is 0 Å². The number of nitrogens with zero attached hydrogens (tertiary/aromatic N) is 2. The molecule has 0 aromatic rings. The normalized spacial score (nSPS) is 36.7. The van der Waals surface area contributed by atoms with Crippen LogP contribution in [0, 0.1) is 5.92 Å². The number of hydrogen-bond acceptors (Lipinski definition) is 3. The van der Waals surface area contributed by atoms with E-state index in [0.29, 0.717) is 0 Å². The van der Waals surface area contributed by atoms with Crippen LogP contribution >= 0.6 is 0 Å². The summed E-state index contributed by atoms with van der Waals surface area (Å²) in [5.41, 5.74) is 6.41. The first-order valence-electron chi connectivity index (χ1n) is 7.33. The molecular formula is C14H27N3. The summed E-state index contributed by atoms with van der Waals surface area (Å²) >= 11 is 0. The van der Waals surface area contributed by atoms with Gasteiger partial charge in [0.25, 0.3) is 0 Å². The Kier molecular flexibility index (Phi) is 2.96. The third kappa shape index (κ3) is 2.13. The first-order valence-corrected chi connectivity index (χ1v) is 7.33. The highest BCUT2D eigenvalue weighted by molar-refractivity contribution is 5.05. The summed E-state index contributed by atoms with van der Waals surface area (Å²) in [6, 6.07) is 1.62. The molecule has 3 fully saturated rings. The van der Waals surface area contributed by atoms with Gasteiger partial charge in [0.2, 0.25) is 0 Å². The molecule has 0 aromatic carbocycles. The molecule has 1 heterocycles. The van der Waals surface area contributed by atoms with Crippen molar-refractivity contribution in [2.45, 2.75) is 56.7 Å². The summed E-state index contributed by atoms with van der Waals surface area (Å²) in [5, 5.41) is 0. The molecule has 0 aromatic heterocycles. The van der Waals surface area contributed by atoms with Crippen molar-refractivity contribution in [3.63, 3.8) is 0 Å². The van der Waals surface area contributed by atoms with Gasteiger partial charge < -0.3 is 5.73 Å².